The summed E-state index contributed by atoms with van der Waals surface area (Å²) in [6, 6.07) is 14.2. The molecule has 2 aromatic rings. The first-order valence-corrected chi connectivity index (χ1v) is 10.4. The minimum Gasteiger partial charge on any atom is -0.346 e. The second-order valence-electron chi connectivity index (χ2n) is 8.05. The van der Waals surface area contributed by atoms with E-state index < -0.39 is 0 Å². The molecule has 1 aliphatic heterocycles. The van der Waals surface area contributed by atoms with E-state index in [1.165, 1.54) is 30.4 Å². The summed E-state index contributed by atoms with van der Waals surface area (Å²) in [5.74, 6) is 0.135. The molecule has 2 amide bonds. The summed E-state index contributed by atoms with van der Waals surface area (Å²) >= 11 is 0. The molecule has 0 spiro atoms. The summed E-state index contributed by atoms with van der Waals surface area (Å²) in [6.07, 6.45) is 6.40. The van der Waals surface area contributed by atoms with Gasteiger partial charge in [-0.05, 0) is 73.4 Å². The molecule has 28 heavy (non-hydrogen) atoms. The third-order valence-electron chi connectivity index (χ3n) is 5.95. The zero-order chi connectivity index (χ0) is 19.5. The number of carbonyl (C=O) groups excluding carboxylic acids is 2. The monoisotopic (exact) mass is 376 g/mol. The first kappa shape index (κ1) is 18.7. The standard InChI is InChI=1S/C24H28N2O2/c1-17(20-12-11-19-7-2-3-8-21(19)15-20)25-24(28)22-9-4-6-18(14-22)16-26-13-5-10-23(26)27/h4,6,9,11-12,14-15,17H,2-3,5,7-8,10,13,16H2,1H3,(H,25,28)/t17-/m1/s1. The summed E-state index contributed by atoms with van der Waals surface area (Å²) in [7, 11) is 0. The van der Waals surface area contributed by atoms with Gasteiger partial charge < -0.3 is 10.2 Å². The van der Waals surface area contributed by atoms with E-state index in [0.29, 0.717) is 18.5 Å². The van der Waals surface area contributed by atoms with Gasteiger partial charge in [-0.2, -0.15) is 0 Å². The maximum atomic E-state index is 12.8. The fraction of sp³-hybridized carbons (Fsp3) is 0.417. The minimum absolute atomic E-state index is 0.0384. The third-order valence-corrected chi connectivity index (χ3v) is 5.95. The van der Waals surface area contributed by atoms with Gasteiger partial charge in [0.1, 0.15) is 0 Å². The van der Waals surface area contributed by atoms with Crippen LogP contribution in [0.2, 0.25) is 0 Å². The Morgan fingerprint density at radius 3 is 2.64 bits per heavy atom. The number of hydrogen-bond acceptors (Lipinski definition) is 2. The fourth-order valence-corrected chi connectivity index (χ4v) is 4.29. The van der Waals surface area contributed by atoms with Gasteiger partial charge >= 0.3 is 0 Å². The number of nitrogens with one attached hydrogen (secondary N) is 1. The lowest BCUT2D eigenvalue weighted by Crippen LogP contribution is -2.27. The molecule has 1 N–H and O–H groups in total. The molecule has 1 atom stereocenters. The lowest BCUT2D eigenvalue weighted by atomic mass is 9.89. The Morgan fingerprint density at radius 2 is 1.86 bits per heavy atom. The van der Waals surface area contributed by atoms with Crippen molar-refractivity contribution in [3.05, 3.63) is 70.3 Å². The SMILES string of the molecule is C[C@@H](NC(=O)c1cccc(CN2CCCC2=O)c1)c1ccc2c(c1)CCCC2. The largest absolute Gasteiger partial charge is 0.346 e. The van der Waals surface area contributed by atoms with E-state index in [-0.39, 0.29) is 17.9 Å². The molecule has 4 heteroatoms. The van der Waals surface area contributed by atoms with Gasteiger partial charge in [-0.15, -0.1) is 0 Å². The van der Waals surface area contributed by atoms with Crippen molar-refractivity contribution in [1.29, 1.82) is 0 Å². The molecule has 4 rings (SSSR count). The maximum absolute atomic E-state index is 12.8. The molecule has 0 saturated carbocycles. The average Bonchev–Trinajstić information content (AvgIpc) is 3.12. The summed E-state index contributed by atoms with van der Waals surface area (Å²) in [5, 5.41) is 3.13. The van der Waals surface area contributed by atoms with Crippen LogP contribution in [0.15, 0.2) is 42.5 Å². The van der Waals surface area contributed by atoms with E-state index in [9.17, 15) is 9.59 Å². The van der Waals surface area contributed by atoms with Crippen LogP contribution < -0.4 is 5.32 Å². The van der Waals surface area contributed by atoms with Gasteiger partial charge in [-0.25, -0.2) is 0 Å². The van der Waals surface area contributed by atoms with E-state index in [0.717, 1.165) is 30.5 Å². The van der Waals surface area contributed by atoms with Crippen molar-refractivity contribution in [1.82, 2.24) is 10.2 Å². The van der Waals surface area contributed by atoms with Gasteiger partial charge in [-0.3, -0.25) is 9.59 Å². The topological polar surface area (TPSA) is 49.4 Å². The van der Waals surface area contributed by atoms with E-state index in [2.05, 4.69) is 23.5 Å². The van der Waals surface area contributed by atoms with Crippen LogP contribution in [-0.2, 0) is 24.2 Å². The number of likely N-dealkylation sites (tertiary alicyclic amines) is 1. The maximum Gasteiger partial charge on any atom is 0.251 e. The van der Waals surface area contributed by atoms with Crippen LogP contribution in [0.25, 0.3) is 0 Å². The summed E-state index contributed by atoms with van der Waals surface area (Å²) in [5.41, 5.74) is 5.70. The highest BCUT2D eigenvalue weighted by molar-refractivity contribution is 5.94. The number of benzene rings is 2. The molecule has 0 radical (unpaired) electrons. The average molecular weight is 377 g/mol. The van der Waals surface area contributed by atoms with Crippen molar-refractivity contribution < 1.29 is 9.59 Å². The normalized spacial score (nSPS) is 17.3. The van der Waals surface area contributed by atoms with Gasteiger partial charge in [0, 0.05) is 25.1 Å². The molecule has 0 bridgehead atoms. The van der Waals surface area contributed by atoms with E-state index in [1.807, 2.05) is 36.1 Å². The molecule has 1 saturated heterocycles. The number of carbonyl (C=O) groups is 2. The lowest BCUT2D eigenvalue weighted by Gasteiger charge is -2.20. The Kier molecular flexibility index (Phi) is 5.47. The molecule has 4 nitrogen and oxygen atoms in total. The number of amides is 2. The van der Waals surface area contributed by atoms with Gasteiger partial charge in [0.2, 0.25) is 5.91 Å². The van der Waals surface area contributed by atoms with Crippen molar-refractivity contribution in [2.75, 3.05) is 6.54 Å². The highest BCUT2D eigenvalue weighted by atomic mass is 16.2. The van der Waals surface area contributed by atoms with Gasteiger partial charge in [-0.1, -0.05) is 30.3 Å². The highest BCUT2D eigenvalue weighted by Gasteiger charge is 2.20. The Bertz CT molecular complexity index is 890. The van der Waals surface area contributed by atoms with E-state index in [4.69, 9.17) is 0 Å². The van der Waals surface area contributed by atoms with Gasteiger partial charge in [0.25, 0.3) is 5.91 Å². The molecule has 146 valence electrons. The Hall–Kier alpha value is -2.62. The lowest BCUT2D eigenvalue weighted by molar-refractivity contribution is -0.128. The Morgan fingerprint density at radius 1 is 1.04 bits per heavy atom. The van der Waals surface area contributed by atoms with Gasteiger partial charge in [0.05, 0.1) is 6.04 Å². The molecule has 1 heterocycles. The molecule has 0 unspecified atom stereocenters. The van der Waals surface area contributed by atoms with E-state index >= 15 is 0 Å². The molecule has 2 aliphatic rings. The summed E-state index contributed by atoms with van der Waals surface area (Å²) < 4.78 is 0. The van der Waals surface area contributed by atoms with Crippen LogP contribution in [-0.4, -0.2) is 23.3 Å². The highest BCUT2D eigenvalue weighted by Crippen LogP contribution is 2.25. The quantitative estimate of drug-likeness (QED) is 0.851. The first-order valence-electron chi connectivity index (χ1n) is 10.4. The number of hydrogen-bond donors (Lipinski definition) is 1. The predicted molar refractivity (Wildman–Crippen MR) is 110 cm³/mol. The van der Waals surface area contributed by atoms with Crippen LogP contribution in [0.3, 0.4) is 0 Å². The van der Waals surface area contributed by atoms with Crippen molar-refractivity contribution in [2.45, 2.75) is 58.0 Å². The second-order valence-corrected chi connectivity index (χ2v) is 8.05. The summed E-state index contributed by atoms with van der Waals surface area (Å²) in [4.78, 5) is 26.5. The fourth-order valence-electron chi connectivity index (χ4n) is 4.29. The third kappa shape index (κ3) is 4.11. The summed E-state index contributed by atoms with van der Waals surface area (Å²) in [6.45, 7) is 3.43. The molecular weight excluding hydrogens is 348 g/mol. The molecular formula is C24H28N2O2. The van der Waals surface area contributed by atoms with Crippen LogP contribution in [0.1, 0.15) is 71.3 Å². The van der Waals surface area contributed by atoms with Crippen molar-refractivity contribution in [3.63, 3.8) is 0 Å². The van der Waals surface area contributed by atoms with Crippen LogP contribution in [0.5, 0.6) is 0 Å². The van der Waals surface area contributed by atoms with Crippen molar-refractivity contribution in [3.8, 4) is 0 Å². The Balaban J connectivity index is 1.43. The first-order chi connectivity index (χ1) is 13.6. The second kappa shape index (κ2) is 8.17. The number of aryl methyl sites for hydroxylation is 2. The molecule has 1 fully saturated rings. The molecule has 1 aliphatic carbocycles. The Labute approximate surface area is 166 Å². The zero-order valence-corrected chi connectivity index (χ0v) is 16.5. The predicted octanol–water partition coefficient (Wildman–Crippen LogP) is 4.18. The zero-order valence-electron chi connectivity index (χ0n) is 16.5. The van der Waals surface area contributed by atoms with Gasteiger partial charge in [0.15, 0.2) is 0 Å². The van der Waals surface area contributed by atoms with Crippen LogP contribution in [0.4, 0.5) is 0 Å². The molecule has 2 aromatic carbocycles. The van der Waals surface area contributed by atoms with Crippen LogP contribution in [0, 0.1) is 0 Å². The van der Waals surface area contributed by atoms with E-state index in [1.54, 1.807) is 0 Å². The van der Waals surface area contributed by atoms with Crippen LogP contribution >= 0.6 is 0 Å². The van der Waals surface area contributed by atoms with Crippen molar-refractivity contribution in [2.24, 2.45) is 0 Å². The number of rotatable bonds is 5. The molecule has 0 aromatic heterocycles. The smallest absolute Gasteiger partial charge is 0.251 e. The number of nitrogens with zero attached hydrogens (tertiary/aromatic N) is 1. The minimum atomic E-state index is -0.0696. The van der Waals surface area contributed by atoms with Crippen molar-refractivity contribution >= 4 is 11.8 Å². The number of fused-ring (bicyclic) bond motifs is 1.